The lowest BCUT2D eigenvalue weighted by Crippen LogP contribution is -2.13. The highest BCUT2D eigenvalue weighted by atomic mass is 79.9. The SMILES string of the molecule is OCC(Cc1ccc(Br)cc1)Cc1ccc(F)cc1Cl. The van der Waals surface area contributed by atoms with Gasteiger partial charge in [0.15, 0.2) is 0 Å². The van der Waals surface area contributed by atoms with Gasteiger partial charge in [-0.15, -0.1) is 0 Å². The Bertz CT molecular complexity index is 571. The predicted molar refractivity (Wildman–Crippen MR) is 83.5 cm³/mol. The minimum Gasteiger partial charge on any atom is -0.396 e. The molecule has 0 spiro atoms. The molecular formula is C16H15BrClFO. The van der Waals surface area contributed by atoms with Crippen molar-refractivity contribution in [3.63, 3.8) is 0 Å². The van der Waals surface area contributed by atoms with Crippen molar-refractivity contribution in [3.05, 3.63) is 68.9 Å². The first-order chi connectivity index (χ1) is 9.58. The van der Waals surface area contributed by atoms with Gasteiger partial charge in [0.1, 0.15) is 5.82 Å². The van der Waals surface area contributed by atoms with Gasteiger partial charge >= 0.3 is 0 Å². The Kier molecular flexibility index (Phi) is 5.58. The molecule has 2 aromatic rings. The molecule has 1 unspecified atom stereocenters. The molecular weight excluding hydrogens is 343 g/mol. The van der Waals surface area contributed by atoms with Gasteiger partial charge in [-0.1, -0.05) is 45.7 Å². The van der Waals surface area contributed by atoms with Gasteiger partial charge in [0.05, 0.1) is 0 Å². The summed E-state index contributed by atoms with van der Waals surface area (Å²) in [4.78, 5) is 0. The summed E-state index contributed by atoms with van der Waals surface area (Å²) in [6, 6.07) is 12.4. The van der Waals surface area contributed by atoms with E-state index in [1.54, 1.807) is 6.07 Å². The summed E-state index contributed by atoms with van der Waals surface area (Å²) in [5, 5.41) is 9.94. The number of hydrogen-bond acceptors (Lipinski definition) is 1. The molecule has 1 nitrogen and oxygen atoms in total. The molecule has 106 valence electrons. The molecule has 0 saturated heterocycles. The van der Waals surface area contributed by atoms with Crippen LogP contribution in [0.25, 0.3) is 0 Å². The van der Waals surface area contributed by atoms with E-state index in [2.05, 4.69) is 15.9 Å². The zero-order valence-corrected chi connectivity index (χ0v) is 13.2. The highest BCUT2D eigenvalue weighted by molar-refractivity contribution is 9.10. The molecule has 0 fully saturated rings. The first-order valence-electron chi connectivity index (χ1n) is 6.37. The molecule has 0 amide bonds. The summed E-state index contributed by atoms with van der Waals surface area (Å²) in [6.07, 6.45) is 1.39. The third kappa shape index (κ3) is 4.30. The topological polar surface area (TPSA) is 20.2 Å². The first-order valence-corrected chi connectivity index (χ1v) is 7.55. The molecule has 0 aliphatic rings. The molecule has 4 heteroatoms. The van der Waals surface area contributed by atoms with Crippen LogP contribution in [0.15, 0.2) is 46.9 Å². The smallest absolute Gasteiger partial charge is 0.124 e. The fourth-order valence-corrected chi connectivity index (χ4v) is 2.66. The van der Waals surface area contributed by atoms with Gasteiger partial charge in [0, 0.05) is 16.1 Å². The molecule has 20 heavy (non-hydrogen) atoms. The Morgan fingerprint density at radius 3 is 2.40 bits per heavy atom. The molecule has 1 atom stereocenters. The summed E-state index contributed by atoms with van der Waals surface area (Å²) in [5.74, 6) is -0.272. The van der Waals surface area contributed by atoms with Crippen molar-refractivity contribution in [2.24, 2.45) is 5.92 Å². The number of rotatable bonds is 5. The van der Waals surface area contributed by atoms with Crippen LogP contribution >= 0.6 is 27.5 Å². The van der Waals surface area contributed by atoms with Crippen molar-refractivity contribution in [1.29, 1.82) is 0 Å². The second-order valence-electron chi connectivity index (χ2n) is 4.82. The van der Waals surface area contributed by atoms with Gasteiger partial charge < -0.3 is 5.11 Å². The van der Waals surface area contributed by atoms with Gasteiger partial charge in [0.25, 0.3) is 0 Å². The quantitative estimate of drug-likeness (QED) is 0.827. The summed E-state index contributed by atoms with van der Waals surface area (Å²) in [5.41, 5.74) is 2.02. The van der Waals surface area contributed by atoms with Crippen molar-refractivity contribution in [1.82, 2.24) is 0 Å². The lowest BCUT2D eigenvalue weighted by atomic mass is 9.93. The highest BCUT2D eigenvalue weighted by Gasteiger charge is 2.12. The Morgan fingerprint density at radius 1 is 1.10 bits per heavy atom. The molecule has 2 aromatic carbocycles. The minimum absolute atomic E-state index is 0.0686. The van der Waals surface area contributed by atoms with Gasteiger partial charge in [-0.05, 0) is 54.2 Å². The minimum atomic E-state index is -0.341. The van der Waals surface area contributed by atoms with Crippen LogP contribution in [-0.2, 0) is 12.8 Å². The van der Waals surface area contributed by atoms with E-state index < -0.39 is 0 Å². The van der Waals surface area contributed by atoms with Crippen LogP contribution in [0.3, 0.4) is 0 Å². The summed E-state index contributed by atoms with van der Waals surface area (Å²) in [7, 11) is 0. The van der Waals surface area contributed by atoms with Crippen molar-refractivity contribution in [2.45, 2.75) is 12.8 Å². The fraction of sp³-hybridized carbons (Fsp3) is 0.250. The van der Waals surface area contributed by atoms with E-state index in [1.807, 2.05) is 24.3 Å². The van der Waals surface area contributed by atoms with Crippen LogP contribution in [0.1, 0.15) is 11.1 Å². The zero-order chi connectivity index (χ0) is 14.5. The standard InChI is InChI=1S/C16H15BrClFO/c17-14-4-1-11(2-5-14)7-12(10-20)8-13-3-6-15(19)9-16(13)18/h1-6,9,12,20H,7-8,10H2. The largest absolute Gasteiger partial charge is 0.396 e. The number of aliphatic hydroxyl groups excluding tert-OH is 1. The van der Waals surface area contributed by atoms with Crippen molar-refractivity contribution in [3.8, 4) is 0 Å². The molecule has 0 bridgehead atoms. The zero-order valence-electron chi connectivity index (χ0n) is 10.8. The van der Waals surface area contributed by atoms with E-state index in [0.29, 0.717) is 11.4 Å². The Labute approximate surface area is 131 Å². The van der Waals surface area contributed by atoms with Crippen LogP contribution in [0.5, 0.6) is 0 Å². The monoisotopic (exact) mass is 356 g/mol. The lowest BCUT2D eigenvalue weighted by Gasteiger charge is -2.15. The number of halogens is 3. The lowest BCUT2D eigenvalue weighted by molar-refractivity contribution is 0.225. The molecule has 0 radical (unpaired) electrons. The number of aliphatic hydroxyl groups is 1. The van der Waals surface area contributed by atoms with E-state index in [9.17, 15) is 9.50 Å². The van der Waals surface area contributed by atoms with E-state index in [-0.39, 0.29) is 18.3 Å². The van der Waals surface area contributed by atoms with E-state index in [4.69, 9.17) is 11.6 Å². The average Bonchev–Trinajstić information content (AvgIpc) is 2.43. The molecule has 2 rings (SSSR count). The maximum atomic E-state index is 13.0. The third-order valence-electron chi connectivity index (χ3n) is 3.22. The molecule has 0 heterocycles. The van der Waals surface area contributed by atoms with Gasteiger partial charge in [-0.25, -0.2) is 4.39 Å². The predicted octanol–water partition coefficient (Wildman–Crippen LogP) is 4.64. The average molecular weight is 358 g/mol. The number of benzene rings is 2. The van der Waals surface area contributed by atoms with Crippen LogP contribution in [-0.4, -0.2) is 11.7 Å². The second kappa shape index (κ2) is 7.21. The highest BCUT2D eigenvalue weighted by Crippen LogP contribution is 2.22. The Morgan fingerprint density at radius 2 is 1.80 bits per heavy atom. The van der Waals surface area contributed by atoms with Crippen molar-refractivity contribution in [2.75, 3.05) is 6.61 Å². The van der Waals surface area contributed by atoms with E-state index in [1.165, 1.54) is 12.1 Å². The normalized spacial score (nSPS) is 12.4. The van der Waals surface area contributed by atoms with Crippen molar-refractivity contribution < 1.29 is 9.50 Å². The maximum Gasteiger partial charge on any atom is 0.124 e. The number of hydrogen-bond donors (Lipinski definition) is 1. The van der Waals surface area contributed by atoms with Gasteiger partial charge in [0.2, 0.25) is 0 Å². The second-order valence-corrected chi connectivity index (χ2v) is 6.14. The summed E-state index contributed by atoms with van der Waals surface area (Å²) < 4.78 is 14.0. The summed E-state index contributed by atoms with van der Waals surface area (Å²) >= 11 is 9.42. The van der Waals surface area contributed by atoms with Crippen LogP contribution in [0, 0.1) is 11.7 Å². The first kappa shape index (κ1) is 15.5. The third-order valence-corrected chi connectivity index (χ3v) is 4.10. The van der Waals surface area contributed by atoms with Crippen molar-refractivity contribution >= 4 is 27.5 Å². The van der Waals surface area contributed by atoms with Crippen LogP contribution in [0.4, 0.5) is 4.39 Å². The fourth-order valence-electron chi connectivity index (χ4n) is 2.15. The molecule has 0 aliphatic carbocycles. The van der Waals surface area contributed by atoms with Crippen LogP contribution in [0.2, 0.25) is 5.02 Å². The Hall–Kier alpha value is -0.900. The molecule has 1 N–H and O–H groups in total. The van der Waals surface area contributed by atoms with Gasteiger partial charge in [-0.2, -0.15) is 0 Å². The summed E-state index contributed by atoms with van der Waals surface area (Å²) in [6.45, 7) is 0.0732. The van der Waals surface area contributed by atoms with Gasteiger partial charge in [-0.3, -0.25) is 0 Å². The van der Waals surface area contributed by atoms with E-state index >= 15 is 0 Å². The Balaban J connectivity index is 2.07. The van der Waals surface area contributed by atoms with Crippen LogP contribution < -0.4 is 0 Å². The maximum absolute atomic E-state index is 13.0. The molecule has 0 saturated carbocycles. The van der Waals surface area contributed by atoms with E-state index in [0.717, 1.165) is 22.0 Å². The molecule has 0 aliphatic heterocycles. The molecule has 0 aromatic heterocycles.